The van der Waals surface area contributed by atoms with Crippen molar-refractivity contribution in [1.29, 1.82) is 0 Å². The maximum Gasteiger partial charge on any atom is 0.161 e. The molecule has 2 rings (SSSR count). The molecule has 1 aromatic rings. The van der Waals surface area contributed by atoms with E-state index in [9.17, 15) is 10.2 Å². The Bertz CT molecular complexity index is 407. The Hall–Kier alpha value is -1.64. The fraction of sp³-hybridized carbons (Fsp3) is 0.273. The average Bonchev–Trinajstić information content (AvgIpc) is 2.08. The fourth-order valence-electron chi connectivity index (χ4n) is 1.64. The van der Waals surface area contributed by atoms with E-state index in [-0.39, 0.29) is 17.6 Å². The molecule has 0 bridgehead atoms. The van der Waals surface area contributed by atoms with Crippen LogP contribution >= 0.6 is 0 Å². The highest BCUT2D eigenvalue weighted by Crippen LogP contribution is 2.39. The highest BCUT2D eigenvalue weighted by atomic mass is 16.5. The first-order valence-corrected chi connectivity index (χ1v) is 4.49. The lowest BCUT2D eigenvalue weighted by Crippen LogP contribution is -2.13. The van der Waals surface area contributed by atoms with Crippen LogP contribution in [0.15, 0.2) is 18.2 Å². The van der Waals surface area contributed by atoms with Gasteiger partial charge in [0.2, 0.25) is 0 Å². The first-order valence-electron chi connectivity index (χ1n) is 4.49. The zero-order valence-electron chi connectivity index (χ0n) is 8.11. The lowest BCUT2D eigenvalue weighted by molar-refractivity contribution is 0.262. The molecule has 1 unspecified atom stereocenters. The summed E-state index contributed by atoms with van der Waals surface area (Å²) in [5, 5.41) is 18.6. The number of benzene rings is 1. The molecule has 0 saturated heterocycles. The third-order valence-corrected chi connectivity index (χ3v) is 2.30. The van der Waals surface area contributed by atoms with E-state index in [0.29, 0.717) is 5.75 Å². The van der Waals surface area contributed by atoms with Crippen molar-refractivity contribution in [2.24, 2.45) is 0 Å². The highest BCUT2D eigenvalue weighted by molar-refractivity contribution is 5.73. The van der Waals surface area contributed by atoms with Crippen molar-refractivity contribution in [3.63, 3.8) is 0 Å². The molecular weight excluding hydrogens is 180 g/mol. The van der Waals surface area contributed by atoms with Gasteiger partial charge in [-0.2, -0.15) is 0 Å². The Labute approximate surface area is 82.3 Å². The molecule has 3 nitrogen and oxygen atoms in total. The van der Waals surface area contributed by atoms with Gasteiger partial charge in [0.25, 0.3) is 0 Å². The van der Waals surface area contributed by atoms with E-state index in [2.05, 4.69) is 0 Å². The molecule has 0 fully saturated rings. The van der Waals surface area contributed by atoms with Gasteiger partial charge in [-0.1, -0.05) is 0 Å². The summed E-state index contributed by atoms with van der Waals surface area (Å²) in [5.41, 5.74) is 1.88. The number of phenols is 2. The Morgan fingerprint density at radius 3 is 2.57 bits per heavy atom. The summed E-state index contributed by atoms with van der Waals surface area (Å²) in [6, 6.07) is 2.96. The molecule has 74 valence electrons. The largest absolute Gasteiger partial charge is 0.504 e. The van der Waals surface area contributed by atoms with Gasteiger partial charge in [-0.25, -0.2) is 0 Å². The van der Waals surface area contributed by atoms with Crippen molar-refractivity contribution in [1.82, 2.24) is 0 Å². The van der Waals surface area contributed by atoms with Crippen molar-refractivity contribution in [3.05, 3.63) is 23.8 Å². The van der Waals surface area contributed by atoms with Crippen LogP contribution in [-0.4, -0.2) is 16.3 Å². The number of hydrogen-bond donors (Lipinski definition) is 2. The lowest BCUT2D eigenvalue weighted by Gasteiger charge is -2.21. The summed E-state index contributed by atoms with van der Waals surface area (Å²) in [5.74, 6) is 0.355. The van der Waals surface area contributed by atoms with Crippen LogP contribution in [0.2, 0.25) is 0 Å². The van der Waals surface area contributed by atoms with Crippen LogP contribution in [0, 0.1) is 0 Å². The standard InChI is InChI=1S/C11H12O3/c1-6-3-7(2)14-11-5-10(13)9(12)4-8(6)11/h3-5,7,12-13H,1-2H3. The number of phenolic OH excluding ortho intramolecular Hbond substituents is 2. The number of rotatable bonds is 0. The summed E-state index contributed by atoms with van der Waals surface area (Å²) in [7, 11) is 0. The summed E-state index contributed by atoms with van der Waals surface area (Å²) in [6.45, 7) is 3.88. The van der Waals surface area contributed by atoms with Gasteiger partial charge >= 0.3 is 0 Å². The molecule has 0 spiro atoms. The lowest BCUT2D eigenvalue weighted by atomic mass is 10.0. The minimum absolute atomic E-state index is 0.00597. The number of fused-ring (bicyclic) bond motifs is 1. The van der Waals surface area contributed by atoms with Crippen molar-refractivity contribution in [2.75, 3.05) is 0 Å². The van der Waals surface area contributed by atoms with E-state index in [0.717, 1.165) is 11.1 Å². The average molecular weight is 192 g/mol. The summed E-state index contributed by atoms with van der Waals surface area (Å²) in [6.07, 6.45) is 1.98. The first-order chi connectivity index (χ1) is 6.58. The third-order valence-electron chi connectivity index (χ3n) is 2.30. The monoisotopic (exact) mass is 192 g/mol. The van der Waals surface area contributed by atoms with Gasteiger partial charge in [-0.05, 0) is 31.6 Å². The molecule has 1 aromatic carbocycles. The third kappa shape index (κ3) is 1.31. The fourth-order valence-corrected chi connectivity index (χ4v) is 1.64. The molecule has 0 radical (unpaired) electrons. The second-order valence-corrected chi connectivity index (χ2v) is 3.51. The SMILES string of the molecule is CC1=CC(C)Oc2cc(O)c(O)cc21. The van der Waals surface area contributed by atoms with Crippen LogP contribution < -0.4 is 4.74 Å². The summed E-state index contributed by atoms with van der Waals surface area (Å²) in [4.78, 5) is 0. The van der Waals surface area contributed by atoms with Crippen molar-refractivity contribution >= 4 is 5.57 Å². The maximum atomic E-state index is 9.33. The van der Waals surface area contributed by atoms with Gasteiger partial charge in [0.15, 0.2) is 11.5 Å². The molecule has 1 heterocycles. The van der Waals surface area contributed by atoms with Crippen LogP contribution in [0.3, 0.4) is 0 Å². The number of ether oxygens (including phenoxy) is 1. The maximum absolute atomic E-state index is 9.33. The molecule has 0 aliphatic carbocycles. The van der Waals surface area contributed by atoms with Crippen LogP contribution in [0.4, 0.5) is 0 Å². The van der Waals surface area contributed by atoms with E-state index in [4.69, 9.17) is 4.74 Å². The van der Waals surface area contributed by atoms with Crippen molar-refractivity contribution in [2.45, 2.75) is 20.0 Å². The normalized spacial score (nSPS) is 19.6. The predicted molar refractivity (Wildman–Crippen MR) is 53.5 cm³/mol. The molecule has 1 aliphatic heterocycles. The molecule has 1 atom stereocenters. The number of hydrogen-bond acceptors (Lipinski definition) is 3. The molecule has 3 heteroatoms. The molecule has 0 amide bonds. The molecule has 0 saturated carbocycles. The van der Waals surface area contributed by atoms with Crippen LogP contribution in [0.1, 0.15) is 19.4 Å². The van der Waals surface area contributed by atoms with Crippen LogP contribution in [0.25, 0.3) is 5.57 Å². The molecule has 1 aliphatic rings. The van der Waals surface area contributed by atoms with Gasteiger partial charge in [0, 0.05) is 11.6 Å². The van der Waals surface area contributed by atoms with E-state index < -0.39 is 0 Å². The Balaban J connectivity index is 2.59. The Morgan fingerprint density at radius 1 is 1.21 bits per heavy atom. The zero-order valence-corrected chi connectivity index (χ0v) is 8.11. The minimum Gasteiger partial charge on any atom is -0.504 e. The van der Waals surface area contributed by atoms with E-state index in [1.807, 2.05) is 19.9 Å². The molecule has 14 heavy (non-hydrogen) atoms. The molecule has 0 aromatic heterocycles. The Morgan fingerprint density at radius 2 is 1.86 bits per heavy atom. The van der Waals surface area contributed by atoms with Gasteiger partial charge in [-0.3, -0.25) is 0 Å². The summed E-state index contributed by atoms with van der Waals surface area (Å²) >= 11 is 0. The topological polar surface area (TPSA) is 49.7 Å². The Kier molecular flexibility index (Phi) is 1.88. The van der Waals surface area contributed by atoms with Gasteiger partial charge in [0.1, 0.15) is 11.9 Å². The predicted octanol–water partition coefficient (Wildman–Crippen LogP) is 2.28. The second-order valence-electron chi connectivity index (χ2n) is 3.51. The summed E-state index contributed by atoms with van der Waals surface area (Å²) < 4.78 is 5.49. The zero-order chi connectivity index (χ0) is 10.3. The van der Waals surface area contributed by atoms with E-state index in [1.165, 1.54) is 12.1 Å². The van der Waals surface area contributed by atoms with Crippen LogP contribution in [0.5, 0.6) is 17.2 Å². The number of aromatic hydroxyl groups is 2. The van der Waals surface area contributed by atoms with Gasteiger partial charge < -0.3 is 14.9 Å². The second kappa shape index (κ2) is 2.94. The quantitative estimate of drug-likeness (QED) is 0.620. The van der Waals surface area contributed by atoms with Crippen LogP contribution in [-0.2, 0) is 0 Å². The molecular formula is C11H12O3. The van der Waals surface area contributed by atoms with Gasteiger partial charge in [0.05, 0.1) is 0 Å². The van der Waals surface area contributed by atoms with E-state index in [1.54, 1.807) is 0 Å². The van der Waals surface area contributed by atoms with Crippen molar-refractivity contribution < 1.29 is 14.9 Å². The number of allylic oxidation sites excluding steroid dienone is 1. The van der Waals surface area contributed by atoms with Crippen molar-refractivity contribution in [3.8, 4) is 17.2 Å². The van der Waals surface area contributed by atoms with E-state index >= 15 is 0 Å². The highest BCUT2D eigenvalue weighted by Gasteiger charge is 2.17. The molecule has 2 N–H and O–H groups in total. The van der Waals surface area contributed by atoms with Gasteiger partial charge in [-0.15, -0.1) is 0 Å². The smallest absolute Gasteiger partial charge is 0.161 e. The first kappa shape index (κ1) is 8.94. The minimum atomic E-state index is -0.148.